The number of aliphatic hydroxyl groups excluding tert-OH is 1. The van der Waals surface area contributed by atoms with Crippen LogP contribution in [0.4, 0.5) is 0 Å². The van der Waals surface area contributed by atoms with E-state index in [0.717, 1.165) is 5.56 Å². The minimum atomic E-state index is -0.699. The molecule has 78 valence electrons. The molecule has 2 nitrogen and oxygen atoms in total. The average molecular weight is 194 g/mol. The Labute approximate surface area is 85.2 Å². The summed E-state index contributed by atoms with van der Waals surface area (Å²) in [4.78, 5) is 0. The summed E-state index contributed by atoms with van der Waals surface area (Å²) in [6.45, 7) is 3.51. The zero-order valence-corrected chi connectivity index (χ0v) is 8.77. The van der Waals surface area contributed by atoms with E-state index < -0.39 is 11.7 Å². The van der Waals surface area contributed by atoms with Gasteiger partial charge in [-0.15, -0.1) is 0 Å². The molecule has 1 aromatic rings. The predicted molar refractivity (Wildman–Crippen MR) is 56.9 cm³/mol. The van der Waals surface area contributed by atoms with Crippen LogP contribution in [0.5, 0.6) is 0 Å². The lowest BCUT2D eigenvalue weighted by atomic mass is 9.97. The van der Waals surface area contributed by atoms with E-state index in [4.69, 9.17) is 0 Å². The van der Waals surface area contributed by atoms with Crippen LogP contribution >= 0.6 is 0 Å². The molecule has 2 N–H and O–H groups in total. The fraction of sp³-hybridized carbons (Fsp3) is 0.500. The summed E-state index contributed by atoms with van der Waals surface area (Å²) in [7, 11) is 0. The Bertz CT molecular complexity index is 261. The monoisotopic (exact) mass is 194 g/mol. The maximum Gasteiger partial charge on any atom is 0.0791 e. The minimum absolute atomic E-state index is 0.470. The highest BCUT2D eigenvalue weighted by Gasteiger charge is 2.15. The van der Waals surface area contributed by atoms with Crippen molar-refractivity contribution < 1.29 is 10.2 Å². The second kappa shape index (κ2) is 4.58. The fourth-order valence-electron chi connectivity index (χ4n) is 1.33. The van der Waals surface area contributed by atoms with Crippen molar-refractivity contribution in [2.45, 2.75) is 38.4 Å². The van der Waals surface area contributed by atoms with E-state index in [-0.39, 0.29) is 0 Å². The maximum atomic E-state index is 9.77. The molecule has 0 bridgehead atoms. The molecule has 0 fully saturated rings. The van der Waals surface area contributed by atoms with Crippen molar-refractivity contribution in [2.24, 2.45) is 0 Å². The Morgan fingerprint density at radius 3 is 2.29 bits per heavy atom. The molecular weight excluding hydrogens is 176 g/mol. The molecule has 0 aromatic heterocycles. The standard InChI is InChI=1S/C12H18O2/c1-12(2,14)9-8-11(13)10-6-4-3-5-7-10/h3-7,11,13-14H,8-9H2,1-2H3/t11-/m1/s1. The summed E-state index contributed by atoms with van der Waals surface area (Å²) in [5.41, 5.74) is 0.215. The Hall–Kier alpha value is -0.860. The van der Waals surface area contributed by atoms with Gasteiger partial charge in [0.15, 0.2) is 0 Å². The van der Waals surface area contributed by atoms with Gasteiger partial charge >= 0.3 is 0 Å². The van der Waals surface area contributed by atoms with Crippen LogP contribution in [-0.4, -0.2) is 15.8 Å². The summed E-state index contributed by atoms with van der Waals surface area (Å²) in [6.07, 6.45) is 0.721. The van der Waals surface area contributed by atoms with Crippen molar-refractivity contribution in [3.05, 3.63) is 35.9 Å². The molecule has 0 aliphatic heterocycles. The van der Waals surface area contributed by atoms with Crippen molar-refractivity contribution in [1.29, 1.82) is 0 Å². The molecule has 0 saturated carbocycles. The highest BCUT2D eigenvalue weighted by atomic mass is 16.3. The van der Waals surface area contributed by atoms with Gasteiger partial charge in [-0.3, -0.25) is 0 Å². The highest BCUT2D eigenvalue weighted by Crippen LogP contribution is 2.21. The lowest BCUT2D eigenvalue weighted by molar-refractivity contribution is 0.0485. The van der Waals surface area contributed by atoms with Crippen LogP contribution in [0, 0.1) is 0 Å². The van der Waals surface area contributed by atoms with Gasteiger partial charge in [-0.2, -0.15) is 0 Å². The van der Waals surface area contributed by atoms with Gasteiger partial charge in [0.25, 0.3) is 0 Å². The quantitative estimate of drug-likeness (QED) is 0.772. The fourth-order valence-corrected chi connectivity index (χ4v) is 1.33. The Kier molecular flexibility index (Phi) is 3.67. The van der Waals surface area contributed by atoms with E-state index in [0.29, 0.717) is 12.8 Å². The van der Waals surface area contributed by atoms with Crippen molar-refractivity contribution in [2.75, 3.05) is 0 Å². The van der Waals surface area contributed by atoms with E-state index in [2.05, 4.69) is 0 Å². The largest absolute Gasteiger partial charge is 0.390 e. The molecule has 1 rings (SSSR count). The zero-order valence-electron chi connectivity index (χ0n) is 8.77. The van der Waals surface area contributed by atoms with Gasteiger partial charge in [-0.25, -0.2) is 0 Å². The van der Waals surface area contributed by atoms with E-state index in [9.17, 15) is 10.2 Å². The number of aliphatic hydroxyl groups is 2. The molecule has 0 unspecified atom stereocenters. The summed E-state index contributed by atoms with van der Waals surface area (Å²) < 4.78 is 0. The lowest BCUT2D eigenvalue weighted by Crippen LogP contribution is -2.19. The molecule has 0 aliphatic rings. The van der Waals surface area contributed by atoms with Crippen LogP contribution in [0.3, 0.4) is 0 Å². The number of benzene rings is 1. The molecule has 0 saturated heterocycles. The van der Waals surface area contributed by atoms with Gasteiger partial charge in [0.05, 0.1) is 11.7 Å². The van der Waals surface area contributed by atoms with Crippen LogP contribution in [0.15, 0.2) is 30.3 Å². The average Bonchev–Trinajstić information content (AvgIpc) is 2.14. The van der Waals surface area contributed by atoms with E-state index in [1.165, 1.54) is 0 Å². The summed E-state index contributed by atoms with van der Waals surface area (Å²) in [6, 6.07) is 9.53. The number of hydrogen-bond acceptors (Lipinski definition) is 2. The predicted octanol–water partition coefficient (Wildman–Crippen LogP) is 2.27. The van der Waals surface area contributed by atoms with Crippen LogP contribution < -0.4 is 0 Å². The second-order valence-corrected chi connectivity index (χ2v) is 4.28. The molecule has 1 aromatic carbocycles. The van der Waals surface area contributed by atoms with E-state index in [1.807, 2.05) is 30.3 Å². The van der Waals surface area contributed by atoms with Gasteiger partial charge in [0, 0.05) is 0 Å². The van der Waals surface area contributed by atoms with Crippen molar-refractivity contribution in [3.8, 4) is 0 Å². The highest BCUT2D eigenvalue weighted by molar-refractivity contribution is 5.17. The van der Waals surface area contributed by atoms with Crippen molar-refractivity contribution >= 4 is 0 Å². The molecule has 2 heteroatoms. The minimum Gasteiger partial charge on any atom is -0.390 e. The van der Waals surface area contributed by atoms with Gasteiger partial charge in [-0.05, 0) is 32.3 Å². The first-order valence-electron chi connectivity index (χ1n) is 4.94. The summed E-state index contributed by atoms with van der Waals surface area (Å²) >= 11 is 0. The van der Waals surface area contributed by atoms with Crippen LogP contribution in [-0.2, 0) is 0 Å². The summed E-state index contributed by atoms with van der Waals surface area (Å²) in [5.74, 6) is 0. The maximum absolute atomic E-state index is 9.77. The van der Waals surface area contributed by atoms with Crippen LogP contribution in [0.25, 0.3) is 0 Å². The molecule has 1 atom stereocenters. The van der Waals surface area contributed by atoms with Gasteiger partial charge in [0.1, 0.15) is 0 Å². The third-order valence-corrected chi connectivity index (χ3v) is 2.21. The molecule has 0 spiro atoms. The Balaban J connectivity index is 2.48. The smallest absolute Gasteiger partial charge is 0.0791 e. The zero-order chi connectivity index (χ0) is 10.6. The Morgan fingerprint density at radius 2 is 1.79 bits per heavy atom. The van der Waals surface area contributed by atoms with Gasteiger partial charge < -0.3 is 10.2 Å². The molecule has 14 heavy (non-hydrogen) atoms. The van der Waals surface area contributed by atoms with Crippen LogP contribution in [0.2, 0.25) is 0 Å². The summed E-state index contributed by atoms with van der Waals surface area (Å²) in [5, 5.41) is 19.3. The van der Waals surface area contributed by atoms with Gasteiger partial charge in [-0.1, -0.05) is 30.3 Å². The first-order valence-corrected chi connectivity index (χ1v) is 4.94. The third-order valence-electron chi connectivity index (χ3n) is 2.21. The Morgan fingerprint density at radius 1 is 1.21 bits per heavy atom. The third kappa shape index (κ3) is 3.90. The van der Waals surface area contributed by atoms with Crippen molar-refractivity contribution in [3.63, 3.8) is 0 Å². The molecule has 0 heterocycles. The van der Waals surface area contributed by atoms with E-state index >= 15 is 0 Å². The van der Waals surface area contributed by atoms with Crippen LogP contribution in [0.1, 0.15) is 38.4 Å². The number of hydrogen-bond donors (Lipinski definition) is 2. The van der Waals surface area contributed by atoms with Gasteiger partial charge in [0.2, 0.25) is 0 Å². The SMILES string of the molecule is CC(C)(O)CC[C@@H](O)c1ccccc1. The first-order chi connectivity index (χ1) is 6.49. The molecule has 0 radical (unpaired) electrons. The van der Waals surface area contributed by atoms with E-state index in [1.54, 1.807) is 13.8 Å². The second-order valence-electron chi connectivity index (χ2n) is 4.28. The molecule has 0 aliphatic carbocycles. The topological polar surface area (TPSA) is 40.5 Å². The molecule has 0 amide bonds. The molecular formula is C12H18O2. The number of rotatable bonds is 4. The lowest BCUT2D eigenvalue weighted by Gasteiger charge is -2.19. The first kappa shape index (κ1) is 11.2. The van der Waals surface area contributed by atoms with Crippen molar-refractivity contribution in [1.82, 2.24) is 0 Å². The normalized spacial score (nSPS) is 14.0.